The summed E-state index contributed by atoms with van der Waals surface area (Å²) < 4.78 is 4.10. The van der Waals surface area contributed by atoms with Crippen molar-refractivity contribution >= 4 is 23.8 Å². The molecule has 86 valence electrons. The van der Waals surface area contributed by atoms with E-state index in [9.17, 15) is 9.59 Å². The highest BCUT2D eigenvalue weighted by atomic mass is 32.1. The van der Waals surface area contributed by atoms with Gasteiger partial charge >= 0.3 is 0 Å². The number of carbonyl (C=O) groups excluding carboxylic acids is 2. The van der Waals surface area contributed by atoms with Gasteiger partial charge in [0.25, 0.3) is 5.91 Å². The van der Waals surface area contributed by atoms with Crippen molar-refractivity contribution < 1.29 is 9.59 Å². The molecule has 0 bridgehead atoms. The van der Waals surface area contributed by atoms with E-state index in [0.29, 0.717) is 31.9 Å². The Kier molecular flexibility index (Phi) is 3.19. The van der Waals surface area contributed by atoms with E-state index in [1.54, 1.807) is 15.9 Å². The zero-order valence-electron chi connectivity index (χ0n) is 9.05. The smallest absolute Gasteiger partial charge is 0.273 e. The monoisotopic (exact) mass is 239 g/mol. The summed E-state index contributed by atoms with van der Waals surface area (Å²) in [4.78, 5) is 27.0. The standard InChI is InChI=1S/C10H13N3O2S/c1-8-6-9(11-16-8)10(15)13-4-2-12(7-14)3-5-13/h6-7H,2-5H2,1H3. The lowest BCUT2D eigenvalue weighted by molar-refractivity contribution is -0.119. The van der Waals surface area contributed by atoms with Crippen molar-refractivity contribution in [2.24, 2.45) is 0 Å². The number of carbonyl (C=O) groups is 2. The number of amides is 2. The lowest BCUT2D eigenvalue weighted by Crippen LogP contribution is -2.48. The first-order chi connectivity index (χ1) is 7.70. The van der Waals surface area contributed by atoms with Crippen LogP contribution in [-0.4, -0.2) is 52.7 Å². The minimum Gasteiger partial charge on any atom is -0.342 e. The summed E-state index contributed by atoms with van der Waals surface area (Å²) in [5, 5.41) is 0. The predicted octanol–water partition coefficient (Wildman–Crippen LogP) is 0.366. The van der Waals surface area contributed by atoms with Gasteiger partial charge in [0.2, 0.25) is 6.41 Å². The molecule has 0 unspecified atom stereocenters. The summed E-state index contributed by atoms with van der Waals surface area (Å²) in [6.45, 7) is 4.33. The first-order valence-electron chi connectivity index (χ1n) is 5.12. The van der Waals surface area contributed by atoms with E-state index in [4.69, 9.17) is 0 Å². The Bertz CT molecular complexity index is 397. The summed E-state index contributed by atoms with van der Waals surface area (Å²) >= 11 is 1.34. The molecule has 6 heteroatoms. The van der Waals surface area contributed by atoms with Crippen LogP contribution in [0.3, 0.4) is 0 Å². The third-order valence-corrected chi connectivity index (χ3v) is 3.29. The Balaban J connectivity index is 1.99. The Morgan fingerprint density at radius 3 is 2.62 bits per heavy atom. The molecular weight excluding hydrogens is 226 g/mol. The van der Waals surface area contributed by atoms with E-state index < -0.39 is 0 Å². The van der Waals surface area contributed by atoms with E-state index in [2.05, 4.69) is 4.37 Å². The molecule has 5 nitrogen and oxygen atoms in total. The molecule has 1 aromatic heterocycles. The molecule has 0 N–H and O–H groups in total. The van der Waals surface area contributed by atoms with Gasteiger partial charge in [0, 0.05) is 31.1 Å². The third-order valence-electron chi connectivity index (χ3n) is 2.60. The second-order valence-electron chi connectivity index (χ2n) is 3.76. The molecule has 2 heterocycles. The van der Waals surface area contributed by atoms with Gasteiger partial charge < -0.3 is 9.80 Å². The lowest BCUT2D eigenvalue weighted by Gasteiger charge is -2.32. The van der Waals surface area contributed by atoms with E-state index in [1.807, 2.05) is 6.92 Å². The molecule has 16 heavy (non-hydrogen) atoms. The summed E-state index contributed by atoms with van der Waals surface area (Å²) in [6, 6.07) is 1.80. The van der Waals surface area contributed by atoms with Crippen molar-refractivity contribution in [3.8, 4) is 0 Å². The van der Waals surface area contributed by atoms with Crippen LogP contribution in [0.4, 0.5) is 0 Å². The van der Waals surface area contributed by atoms with Gasteiger partial charge in [0.05, 0.1) is 0 Å². The molecule has 0 atom stereocenters. The second-order valence-corrected chi connectivity index (χ2v) is 4.77. The number of hydrogen-bond donors (Lipinski definition) is 0. The van der Waals surface area contributed by atoms with Gasteiger partial charge in [-0.05, 0) is 24.5 Å². The fourth-order valence-corrected chi connectivity index (χ4v) is 2.20. The van der Waals surface area contributed by atoms with Crippen LogP contribution in [0.25, 0.3) is 0 Å². The maximum atomic E-state index is 12.0. The normalized spacial score (nSPS) is 16.3. The third kappa shape index (κ3) is 2.21. The average Bonchev–Trinajstić information content (AvgIpc) is 2.75. The fraction of sp³-hybridized carbons (Fsp3) is 0.500. The second kappa shape index (κ2) is 4.61. The molecule has 2 rings (SSSR count). The van der Waals surface area contributed by atoms with Crippen LogP contribution < -0.4 is 0 Å². The summed E-state index contributed by atoms with van der Waals surface area (Å²) in [6.07, 6.45) is 0.828. The maximum Gasteiger partial charge on any atom is 0.273 e. The Morgan fingerprint density at radius 1 is 1.44 bits per heavy atom. The maximum absolute atomic E-state index is 12.0. The van der Waals surface area contributed by atoms with E-state index in [-0.39, 0.29) is 5.91 Å². The summed E-state index contributed by atoms with van der Waals surface area (Å²) in [5.41, 5.74) is 0.516. The number of aryl methyl sites for hydroxylation is 1. The number of aromatic nitrogens is 1. The highest BCUT2D eigenvalue weighted by Gasteiger charge is 2.22. The van der Waals surface area contributed by atoms with Crippen molar-refractivity contribution in [3.05, 3.63) is 16.6 Å². The van der Waals surface area contributed by atoms with Crippen LogP contribution >= 0.6 is 11.5 Å². The molecule has 0 aliphatic carbocycles. The van der Waals surface area contributed by atoms with Gasteiger partial charge in [0.15, 0.2) is 0 Å². The van der Waals surface area contributed by atoms with E-state index in [0.717, 1.165) is 11.3 Å². The zero-order valence-corrected chi connectivity index (χ0v) is 9.87. The van der Waals surface area contributed by atoms with Gasteiger partial charge in [-0.3, -0.25) is 9.59 Å². The number of hydrogen-bond acceptors (Lipinski definition) is 4. The quantitative estimate of drug-likeness (QED) is 0.700. The van der Waals surface area contributed by atoms with Gasteiger partial charge in [0.1, 0.15) is 5.69 Å². The minimum absolute atomic E-state index is 0.0325. The van der Waals surface area contributed by atoms with Crippen LogP contribution in [0, 0.1) is 6.92 Å². The van der Waals surface area contributed by atoms with E-state index >= 15 is 0 Å². The number of nitrogens with zero attached hydrogens (tertiary/aromatic N) is 3. The molecule has 1 aromatic rings. The van der Waals surface area contributed by atoms with Crippen LogP contribution in [0.2, 0.25) is 0 Å². The topological polar surface area (TPSA) is 53.5 Å². The highest BCUT2D eigenvalue weighted by Crippen LogP contribution is 2.11. The van der Waals surface area contributed by atoms with Crippen molar-refractivity contribution in [3.63, 3.8) is 0 Å². The molecule has 0 radical (unpaired) electrons. The summed E-state index contributed by atoms with van der Waals surface area (Å²) in [5.74, 6) is -0.0325. The molecule has 1 saturated heterocycles. The van der Waals surface area contributed by atoms with Gasteiger partial charge in [-0.15, -0.1) is 0 Å². The largest absolute Gasteiger partial charge is 0.342 e. The van der Waals surface area contributed by atoms with Crippen LogP contribution in [0.15, 0.2) is 6.07 Å². The number of rotatable bonds is 2. The Hall–Kier alpha value is -1.43. The van der Waals surface area contributed by atoms with Crippen molar-refractivity contribution in [1.29, 1.82) is 0 Å². The number of piperazine rings is 1. The van der Waals surface area contributed by atoms with Gasteiger partial charge in [-0.1, -0.05) is 0 Å². The van der Waals surface area contributed by atoms with Gasteiger partial charge in [-0.25, -0.2) is 0 Å². The molecule has 2 amide bonds. The van der Waals surface area contributed by atoms with Crippen molar-refractivity contribution in [2.75, 3.05) is 26.2 Å². The Morgan fingerprint density at radius 2 is 2.12 bits per heavy atom. The molecule has 0 saturated carbocycles. The van der Waals surface area contributed by atoms with E-state index in [1.165, 1.54) is 11.5 Å². The predicted molar refractivity (Wildman–Crippen MR) is 60.4 cm³/mol. The van der Waals surface area contributed by atoms with Crippen LogP contribution in [0.5, 0.6) is 0 Å². The first kappa shape index (κ1) is 11.1. The average molecular weight is 239 g/mol. The molecule has 0 aromatic carbocycles. The SMILES string of the molecule is Cc1cc(C(=O)N2CCN(C=O)CC2)ns1. The minimum atomic E-state index is -0.0325. The highest BCUT2D eigenvalue weighted by molar-refractivity contribution is 7.05. The molecule has 0 spiro atoms. The van der Waals surface area contributed by atoms with Crippen molar-refractivity contribution in [1.82, 2.24) is 14.2 Å². The lowest BCUT2D eigenvalue weighted by atomic mass is 10.3. The van der Waals surface area contributed by atoms with Crippen LogP contribution in [0.1, 0.15) is 15.4 Å². The first-order valence-corrected chi connectivity index (χ1v) is 5.90. The molecule has 1 aliphatic heterocycles. The zero-order chi connectivity index (χ0) is 11.5. The molecule has 1 fully saturated rings. The fourth-order valence-electron chi connectivity index (χ4n) is 1.66. The molecule has 1 aliphatic rings. The summed E-state index contributed by atoms with van der Waals surface area (Å²) in [7, 11) is 0. The van der Waals surface area contributed by atoms with Gasteiger partial charge in [-0.2, -0.15) is 4.37 Å². The molecular formula is C10H13N3O2S. The Labute approximate surface area is 97.8 Å². The van der Waals surface area contributed by atoms with Crippen LogP contribution in [-0.2, 0) is 4.79 Å². The van der Waals surface area contributed by atoms with Crippen molar-refractivity contribution in [2.45, 2.75) is 6.92 Å².